The summed E-state index contributed by atoms with van der Waals surface area (Å²) in [4.78, 5) is 23.3. The first-order valence-electron chi connectivity index (χ1n) is 7.57. The van der Waals surface area contributed by atoms with Crippen molar-refractivity contribution in [3.8, 4) is 5.75 Å². The van der Waals surface area contributed by atoms with Gasteiger partial charge in [-0.15, -0.1) is 0 Å². The first-order valence-corrected chi connectivity index (χ1v) is 7.57. The number of amides is 1. The number of carbonyl (C=O) groups is 2. The molecule has 0 bridgehead atoms. The molecule has 0 fully saturated rings. The van der Waals surface area contributed by atoms with Crippen molar-refractivity contribution in [2.45, 2.75) is 6.54 Å². The second-order valence-electron chi connectivity index (χ2n) is 5.12. The number of nitrogens with one attached hydrogen (secondary N) is 1. The van der Waals surface area contributed by atoms with E-state index in [0.717, 1.165) is 11.1 Å². The van der Waals surface area contributed by atoms with Gasteiger partial charge in [0.15, 0.2) is 6.61 Å². The molecule has 1 amide bonds. The Balaban J connectivity index is 1.74. The van der Waals surface area contributed by atoms with Crippen LogP contribution in [0.2, 0.25) is 0 Å². The van der Waals surface area contributed by atoms with E-state index in [4.69, 9.17) is 9.47 Å². The zero-order valence-electron chi connectivity index (χ0n) is 13.7. The molecule has 1 N–H and O–H groups in total. The molecule has 0 radical (unpaired) electrons. The van der Waals surface area contributed by atoms with E-state index in [0.29, 0.717) is 5.75 Å². The van der Waals surface area contributed by atoms with Gasteiger partial charge in [-0.05, 0) is 41.5 Å². The Morgan fingerprint density at radius 1 is 1.16 bits per heavy atom. The van der Waals surface area contributed by atoms with E-state index in [-0.39, 0.29) is 19.0 Å². The number of carbonyl (C=O) groups excluding carboxylic acids is 2. The van der Waals surface area contributed by atoms with Crippen LogP contribution in [0.3, 0.4) is 0 Å². The minimum absolute atomic E-state index is 0.232. The van der Waals surface area contributed by atoms with Gasteiger partial charge in [-0.1, -0.05) is 24.3 Å². The Labute approximate surface area is 145 Å². The van der Waals surface area contributed by atoms with Crippen LogP contribution in [-0.4, -0.2) is 25.6 Å². The van der Waals surface area contributed by atoms with Crippen molar-refractivity contribution in [3.05, 3.63) is 71.6 Å². The molecular formula is C19H18FNO4. The third-order valence-corrected chi connectivity index (χ3v) is 3.25. The molecule has 2 aromatic rings. The maximum Gasteiger partial charge on any atom is 0.331 e. The molecule has 25 heavy (non-hydrogen) atoms. The molecule has 0 aliphatic heterocycles. The van der Waals surface area contributed by atoms with Crippen LogP contribution in [0, 0.1) is 5.82 Å². The lowest BCUT2D eigenvalue weighted by Gasteiger charge is -2.05. The Morgan fingerprint density at radius 3 is 2.64 bits per heavy atom. The third kappa shape index (κ3) is 6.47. The number of hydrogen-bond donors (Lipinski definition) is 1. The summed E-state index contributed by atoms with van der Waals surface area (Å²) in [6.07, 6.45) is 2.81. The summed E-state index contributed by atoms with van der Waals surface area (Å²) in [5.74, 6) is -0.727. The highest BCUT2D eigenvalue weighted by Gasteiger charge is 2.05. The van der Waals surface area contributed by atoms with Crippen LogP contribution in [0.4, 0.5) is 4.39 Å². The number of benzene rings is 2. The zero-order valence-corrected chi connectivity index (χ0v) is 13.7. The van der Waals surface area contributed by atoms with E-state index in [9.17, 15) is 14.0 Å². The van der Waals surface area contributed by atoms with Crippen LogP contribution in [0.25, 0.3) is 6.08 Å². The lowest BCUT2D eigenvalue weighted by Crippen LogP contribution is -2.28. The molecule has 0 heterocycles. The van der Waals surface area contributed by atoms with Gasteiger partial charge >= 0.3 is 5.97 Å². The van der Waals surface area contributed by atoms with Crippen LogP contribution in [-0.2, 0) is 20.9 Å². The van der Waals surface area contributed by atoms with Gasteiger partial charge in [0.25, 0.3) is 5.91 Å². The zero-order chi connectivity index (χ0) is 18.1. The summed E-state index contributed by atoms with van der Waals surface area (Å²) in [5, 5.41) is 2.58. The topological polar surface area (TPSA) is 64.6 Å². The maximum absolute atomic E-state index is 12.8. The van der Waals surface area contributed by atoms with Gasteiger partial charge < -0.3 is 14.8 Å². The summed E-state index contributed by atoms with van der Waals surface area (Å²) < 4.78 is 22.7. The molecule has 0 atom stereocenters. The summed E-state index contributed by atoms with van der Waals surface area (Å²) in [7, 11) is 1.56. The fourth-order valence-electron chi connectivity index (χ4n) is 1.95. The Hall–Kier alpha value is -3.15. The minimum Gasteiger partial charge on any atom is -0.497 e. The predicted octanol–water partition coefficient (Wildman–Crippen LogP) is 2.71. The van der Waals surface area contributed by atoms with Gasteiger partial charge in [-0.2, -0.15) is 0 Å². The summed E-state index contributed by atoms with van der Waals surface area (Å²) in [6, 6.07) is 12.9. The Kier molecular flexibility index (Phi) is 6.71. The number of rotatable bonds is 7. The van der Waals surface area contributed by atoms with Gasteiger partial charge in [0.05, 0.1) is 7.11 Å². The second-order valence-corrected chi connectivity index (χ2v) is 5.12. The van der Waals surface area contributed by atoms with Crippen molar-refractivity contribution in [2.24, 2.45) is 0 Å². The van der Waals surface area contributed by atoms with Crippen LogP contribution in [0.1, 0.15) is 11.1 Å². The molecule has 0 saturated carbocycles. The smallest absolute Gasteiger partial charge is 0.331 e. The van der Waals surface area contributed by atoms with Gasteiger partial charge in [0.1, 0.15) is 11.6 Å². The molecule has 0 aromatic heterocycles. The van der Waals surface area contributed by atoms with E-state index in [2.05, 4.69) is 5.32 Å². The minimum atomic E-state index is -0.625. The highest BCUT2D eigenvalue weighted by Crippen LogP contribution is 2.13. The number of hydrogen-bond acceptors (Lipinski definition) is 4. The summed E-state index contributed by atoms with van der Waals surface area (Å²) in [5.41, 5.74) is 1.52. The quantitative estimate of drug-likeness (QED) is 0.620. The summed E-state index contributed by atoms with van der Waals surface area (Å²) in [6.45, 7) is -0.154. The van der Waals surface area contributed by atoms with Crippen LogP contribution in [0.5, 0.6) is 5.75 Å². The Bertz CT molecular complexity index is 756. The molecule has 0 spiro atoms. The molecular weight excluding hydrogens is 325 g/mol. The van der Waals surface area contributed by atoms with Gasteiger partial charge in [0, 0.05) is 12.6 Å². The molecule has 0 aliphatic rings. The van der Waals surface area contributed by atoms with Crippen molar-refractivity contribution in [2.75, 3.05) is 13.7 Å². The van der Waals surface area contributed by atoms with Crippen molar-refractivity contribution >= 4 is 18.0 Å². The fraction of sp³-hybridized carbons (Fsp3) is 0.158. The SMILES string of the molecule is COc1cccc(/C=C/C(=O)OCC(=O)NCc2ccc(F)cc2)c1. The average Bonchev–Trinajstić information content (AvgIpc) is 2.64. The highest BCUT2D eigenvalue weighted by atomic mass is 19.1. The van der Waals surface area contributed by atoms with Gasteiger partial charge in [0.2, 0.25) is 0 Å². The predicted molar refractivity (Wildman–Crippen MR) is 91.2 cm³/mol. The molecule has 2 rings (SSSR count). The van der Waals surface area contributed by atoms with Crippen LogP contribution >= 0.6 is 0 Å². The maximum atomic E-state index is 12.8. The van der Waals surface area contributed by atoms with Crippen molar-refractivity contribution in [1.82, 2.24) is 5.32 Å². The average molecular weight is 343 g/mol. The largest absolute Gasteiger partial charge is 0.497 e. The molecule has 2 aromatic carbocycles. The number of ether oxygens (including phenoxy) is 2. The molecule has 6 heteroatoms. The number of halogens is 1. The van der Waals surface area contributed by atoms with E-state index >= 15 is 0 Å². The highest BCUT2D eigenvalue weighted by molar-refractivity contribution is 5.89. The monoisotopic (exact) mass is 343 g/mol. The van der Waals surface area contributed by atoms with E-state index in [1.807, 2.05) is 6.07 Å². The standard InChI is InChI=1S/C19H18FNO4/c1-24-17-4-2-3-14(11-17)7-10-19(23)25-13-18(22)21-12-15-5-8-16(20)9-6-15/h2-11H,12-13H2,1H3,(H,21,22)/b10-7+. The molecule has 5 nitrogen and oxygen atoms in total. The molecule has 0 aliphatic carbocycles. The normalized spacial score (nSPS) is 10.5. The van der Waals surface area contributed by atoms with Crippen molar-refractivity contribution < 1.29 is 23.5 Å². The second kappa shape index (κ2) is 9.22. The van der Waals surface area contributed by atoms with Crippen LogP contribution in [0.15, 0.2) is 54.6 Å². The summed E-state index contributed by atoms with van der Waals surface area (Å²) >= 11 is 0. The first-order chi connectivity index (χ1) is 12.1. The lowest BCUT2D eigenvalue weighted by atomic mass is 10.2. The van der Waals surface area contributed by atoms with Crippen LogP contribution < -0.4 is 10.1 Å². The fourth-order valence-corrected chi connectivity index (χ4v) is 1.95. The molecule has 0 saturated heterocycles. The number of methoxy groups -OCH3 is 1. The van der Waals surface area contributed by atoms with Gasteiger partial charge in [-0.25, -0.2) is 9.18 Å². The van der Waals surface area contributed by atoms with Crippen molar-refractivity contribution in [3.63, 3.8) is 0 Å². The van der Waals surface area contributed by atoms with E-state index in [1.54, 1.807) is 43.5 Å². The van der Waals surface area contributed by atoms with E-state index < -0.39 is 11.9 Å². The van der Waals surface area contributed by atoms with E-state index in [1.165, 1.54) is 18.2 Å². The first kappa shape index (κ1) is 18.2. The Morgan fingerprint density at radius 2 is 1.92 bits per heavy atom. The third-order valence-electron chi connectivity index (χ3n) is 3.25. The lowest BCUT2D eigenvalue weighted by molar-refractivity contribution is -0.143. The number of esters is 1. The van der Waals surface area contributed by atoms with Crippen molar-refractivity contribution in [1.29, 1.82) is 0 Å². The molecule has 130 valence electrons. The van der Waals surface area contributed by atoms with Gasteiger partial charge in [-0.3, -0.25) is 4.79 Å². The molecule has 0 unspecified atom stereocenters.